The van der Waals surface area contributed by atoms with Crippen LogP contribution in [0.2, 0.25) is 0 Å². The smallest absolute Gasteiger partial charge is 0.270 e. The second-order valence-electron chi connectivity index (χ2n) is 6.91. The number of benzene rings is 1. The molecule has 26 heavy (non-hydrogen) atoms. The van der Waals surface area contributed by atoms with Crippen molar-refractivity contribution in [3.8, 4) is 5.75 Å². The molecule has 0 radical (unpaired) electrons. The van der Waals surface area contributed by atoms with Crippen LogP contribution in [0.1, 0.15) is 56.4 Å². The van der Waals surface area contributed by atoms with Gasteiger partial charge in [-0.05, 0) is 51.0 Å². The van der Waals surface area contributed by atoms with E-state index in [2.05, 4.69) is 20.6 Å². The summed E-state index contributed by atoms with van der Waals surface area (Å²) in [6.45, 7) is 3.99. The van der Waals surface area contributed by atoms with Gasteiger partial charge in [0.1, 0.15) is 23.6 Å². The molecule has 1 fully saturated rings. The van der Waals surface area contributed by atoms with Crippen LogP contribution in [0.4, 0.5) is 11.5 Å². The van der Waals surface area contributed by atoms with Crippen molar-refractivity contribution in [2.75, 3.05) is 5.32 Å². The first-order chi connectivity index (χ1) is 12.6. The summed E-state index contributed by atoms with van der Waals surface area (Å²) >= 11 is 0. The molecule has 1 aromatic heterocycles. The molecule has 1 aliphatic rings. The van der Waals surface area contributed by atoms with Gasteiger partial charge in [0.25, 0.3) is 5.91 Å². The van der Waals surface area contributed by atoms with Gasteiger partial charge in [0.05, 0.1) is 6.10 Å². The number of anilines is 2. The third kappa shape index (κ3) is 5.18. The van der Waals surface area contributed by atoms with Gasteiger partial charge in [-0.15, -0.1) is 0 Å². The predicted octanol–water partition coefficient (Wildman–Crippen LogP) is 4.07. The van der Waals surface area contributed by atoms with Gasteiger partial charge in [0, 0.05) is 17.8 Å². The number of nitrogens with one attached hydrogen (secondary N) is 2. The van der Waals surface area contributed by atoms with Gasteiger partial charge >= 0.3 is 0 Å². The minimum absolute atomic E-state index is 0.136. The number of carbonyl (C=O) groups is 1. The molecule has 3 rings (SSSR count). The standard InChI is InChI=1S/C20H26N4O2/c1-14(2)26-17-10-8-16(9-11-17)23-19-12-18(21-13-22-19)20(25)24-15-6-4-3-5-7-15/h8-15H,3-7H2,1-2H3,(H,24,25)(H,21,22,23). The predicted molar refractivity (Wildman–Crippen MR) is 102 cm³/mol. The molecule has 2 N–H and O–H groups in total. The first kappa shape index (κ1) is 18.2. The summed E-state index contributed by atoms with van der Waals surface area (Å²) in [5.74, 6) is 1.27. The zero-order chi connectivity index (χ0) is 18.4. The van der Waals surface area contributed by atoms with Crippen LogP contribution in [0, 0.1) is 0 Å². The van der Waals surface area contributed by atoms with E-state index in [-0.39, 0.29) is 18.1 Å². The number of nitrogens with zero attached hydrogens (tertiary/aromatic N) is 2. The number of hydrogen-bond acceptors (Lipinski definition) is 5. The molecule has 0 saturated heterocycles. The lowest BCUT2D eigenvalue weighted by Gasteiger charge is -2.22. The van der Waals surface area contributed by atoms with Crippen molar-refractivity contribution in [1.29, 1.82) is 0 Å². The molecule has 0 unspecified atom stereocenters. The fraction of sp³-hybridized carbons (Fsp3) is 0.450. The Morgan fingerprint density at radius 1 is 1.12 bits per heavy atom. The van der Waals surface area contributed by atoms with Gasteiger partial charge in [-0.2, -0.15) is 0 Å². The zero-order valence-electron chi connectivity index (χ0n) is 15.4. The van der Waals surface area contributed by atoms with E-state index in [4.69, 9.17) is 4.74 Å². The summed E-state index contributed by atoms with van der Waals surface area (Å²) in [6.07, 6.45) is 7.26. The van der Waals surface area contributed by atoms with Gasteiger partial charge in [-0.25, -0.2) is 9.97 Å². The summed E-state index contributed by atoms with van der Waals surface area (Å²) < 4.78 is 5.64. The molecule has 0 aliphatic heterocycles. The summed E-state index contributed by atoms with van der Waals surface area (Å²) in [5.41, 5.74) is 1.26. The maximum atomic E-state index is 12.4. The number of rotatable bonds is 6. The van der Waals surface area contributed by atoms with E-state index in [1.807, 2.05) is 38.1 Å². The van der Waals surface area contributed by atoms with Crippen molar-refractivity contribution >= 4 is 17.4 Å². The molecular formula is C20H26N4O2. The van der Waals surface area contributed by atoms with Crippen molar-refractivity contribution in [3.05, 3.63) is 42.4 Å². The van der Waals surface area contributed by atoms with Crippen molar-refractivity contribution in [3.63, 3.8) is 0 Å². The number of hydrogen-bond donors (Lipinski definition) is 2. The zero-order valence-corrected chi connectivity index (χ0v) is 15.4. The molecule has 138 valence electrons. The molecule has 1 aliphatic carbocycles. The van der Waals surface area contributed by atoms with Gasteiger partial charge in [-0.1, -0.05) is 19.3 Å². The quantitative estimate of drug-likeness (QED) is 0.818. The Morgan fingerprint density at radius 3 is 2.54 bits per heavy atom. The van der Waals surface area contributed by atoms with Crippen LogP contribution in [0.25, 0.3) is 0 Å². The van der Waals surface area contributed by atoms with Gasteiger partial charge in [0.15, 0.2) is 0 Å². The van der Waals surface area contributed by atoms with Crippen LogP contribution >= 0.6 is 0 Å². The lowest BCUT2D eigenvalue weighted by molar-refractivity contribution is 0.0922. The van der Waals surface area contributed by atoms with Crippen LogP contribution in [0.5, 0.6) is 5.75 Å². The average Bonchev–Trinajstić information content (AvgIpc) is 2.64. The highest BCUT2D eigenvalue weighted by molar-refractivity contribution is 5.93. The minimum Gasteiger partial charge on any atom is -0.491 e. The van der Waals surface area contributed by atoms with E-state index in [0.29, 0.717) is 11.5 Å². The molecule has 1 heterocycles. The maximum Gasteiger partial charge on any atom is 0.270 e. The van der Waals surface area contributed by atoms with E-state index in [9.17, 15) is 4.79 Å². The molecule has 6 nitrogen and oxygen atoms in total. The summed E-state index contributed by atoms with van der Waals surface area (Å²) in [6, 6.07) is 9.58. The van der Waals surface area contributed by atoms with Crippen LogP contribution in [-0.2, 0) is 0 Å². The summed E-state index contributed by atoms with van der Waals surface area (Å²) in [4.78, 5) is 20.7. The molecule has 1 saturated carbocycles. The molecule has 2 aromatic rings. The van der Waals surface area contributed by atoms with Crippen LogP contribution in [-0.4, -0.2) is 28.0 Å². The molecule has 1 amide bonds. The average molecular weight is 354 g/mol. The number of amides is 1. The van der Waals surface area contributed by atoms with Crippen LogP contribution < -0.4 is 15.4 Å². The Kier molecular flexibility index (Phi) is 6.04. The summed E-state index contributed by atoms with van der Waals surface area (Å²) in [5, 5.41) is 6.28. The molecular weight excluding hydrogens is 328 g/mol. The van der Waals surface area contributed by atoms with Gasteiger partial charge in [-0.3, -0.25) is 4.79 Å². The van der Waals surface area contributed by atoms with Crippen molar-refractivity contribution in [2.24, 2.45) is 0 Å². The van der Waals surface area contributed by atoms with Crippen LogP contribution in [0.15, 0.2) is 36.7 Å². The highest BCUT2D eigenvalue weighted by Gasteiger charge is 2.17. The number of aromatic nitrogens is 2. The largest absolute Gasteiger partial charge is 0.491 e. The Labute approximate surface area is 154 Å². The van der Waals surface area contributed by atoms with Gasteiger partial charge < -0.3 is 15.4 Å². The fourth-order valence-electron chi connectivity index (χ4n) is 3.09. The minimum atomic E-state index is -0.136. The van der Waals surface area contributed by atoms with E-state index in [0.717, 1.165) is 24.3 Å². The number of ether oxygens (including phenoxy) is 1. The SMILES string of the molecule is CC(C)Oc1ccc(Nc2cc(C(=O)NC3CCCCC3)ncn2)cc1. The molecule has 1 aromatic carbocycles. The molecule has 0 atom stereocenters. The second-order valence-corrected chi connectivity index (χ2v) is 6.91. The lowest BCUT2D eigenvalue weighted by Crippen LogP contribution is -2.36. The highest BCUT2D eigenvalue weighted by atomic mass is 16.5. The Hall–Kier alpha value is -2.63. The number of carbonyl (C=O) groups excluding carboxylic acids is 1. The monoisotopic (exact) mass is 354 g/mol. The van der Waals surface area contributed by atoms with Crippen molar-refractivity contribution in [1.82, 2.24) is 15.3 Å². The second kappa shape index (κ2) is 8.65. The highest BCUT2D eigenvalue weighted by Crippen LogP contribution is 2.20. The van der Waals surface area contributed by atoms with Crippen molar-refractivity contribution < 1.29 is 9.53 Å². The van der Waals surface area contributed by atoms with E-state index < -0.39 is 0 Å². The van der Waals surface area contributed by atoms with E-state index in [1.165, 1.54) is 25.6 Å². The Bertz CT molecular complexity index is 725. The first-order valence-corrected chi connectivity index (χ1v) is 9.27. The lowest BCUT2D eigenvalue weighted by atomic mass is 9.95. The normalized spacial score (nSPS) is 14.9. The van der Waals surface area contributed by atoms with Crippen LogP contribution in [0.3, 0.4) is 0 Å². The van der Waals surface area contributed by atoms with Crippen molar-refractivity contribution in [2.45, 2.75) is 58.1 Å². The third-order valence-corrected chi connectivity index (χ3v) is 4.34. The molecule has 0 bridgehead atoms. The fourth-order valence-corrected chi connectivity index (χ4v) is 3.09. The maximum absolute atomic E-state index is 12.4. The summed E-state index contributed by atoms with van der Waals surface area (Å²) in [7, 11) is 0. The topological polar surface area (TPSA) is 76.1 Å². The third-order valence-electron chi connectivity index (χ3n) is 4.34. The Morgan fingerprint density at radius 2 is 1.85 bits per heavy atom. The Balaban J connectivity index is 1.62. The molecule has 6 heteroatoms. The van der Waals surface area contributed by atoms with Gasteiger partial charge in [0.2, 0.25) is 0 Å². The van der Waals surface area contributed by atoms with E-state index >= 15 is 0 Å². The molecule has 0 spiro atoms. The first-order valence-electron chi connectivity index (χ1n) is 9.27. The van der Waals surface area contributed by atoms with E-state index in [1.54, 1.807) is 6.07 Å².